The van der Waals surface area contributed by atoms with Crippen LogP contribution in [-0.4, -0.2) is 0 Å². The predicted molar refractivity (Wildman–Crippen MR) is 90.3 cm³/mol. The number of halogens is 3. The number of anilines is 1. The van der Waals surface area contributed by atoms with E-state index in [0.717, 1.165) is 15.2 Å². The summed E-state index contributed by atoms with van der Waals surface area (Å²) in [5.41, 5.74) is 2.26. The molecule has 0 aromatic heterocycles. The van der Waals surface area contributed by atoms with Crippen molar-refractivity contribution in [3.63, 3.8) is 0 Å². The van der Waals surface area contributed by atoms with Gasteiger partial charge in [-0.05, 0) is 81.3 Å². The molecule has 0 aliphatic heterocycles. The third-order valence-corrected chi connectivity index (χ3v) is 4.32. The molecule has 1 N–H and O–H groups in total. The van der Waals surface area contributed by atoms with Crippen LogP contribution in [-0.2, 0) is 0 Å². The molecule has 0 amide bonds. The fourth-order valence-electron chi connectivity index (χ4n) is 1.68. The van der Waals surface area contributed by atoms with Crippen molar-refractivity contribution in [1.29, 1.82) is 0 Å². The predicted octanol–water partition coefficient (Wildman–Crippen LogP) is 5.88. The largest absolute Gasteiger partial charge is 0.378 e. The van der Waals surface area contributed by atoms with Gasteiger partial charge in [0.05, 0.1) is 5.69 Å². The highest BCUT2D eigenvalue weighted by atomic mass is 127. The van der Waals surface area contributed by atoms with E-state index in [4.69, 9.17) is 11.6 Å². The Kier molecular flexibility index (Phi) is 4.92. The van der Waals surface area contributed by atoms with Crippen molar-refractivity contribution in [3.05, 3.63) is 61.1 Å². The summed E-state index contributed by atoms with van der Waals surface area (Å²) < 4.78 is 2.26. The van der Waals surface area contributed by atoms with Crippen molar-refractivity contribution < 1.29 is 0 Å². The minimum absolute atomic E-state index is 0.233. The second-order valence-electron chi connectivity index (χ2n) is 4.04. The molecule has 1 atom stereocenters. The lowest BCUT2D eigenvalue weighted by atomic mass is 10.1. The van der Waals surface area contributed by atoms with Crippen molar-refractivity contribution in [1.82, 2.24) is 0 Å². The summed E-state index contributed by atoms with van der Waals surface area (Å²) in [6, 6.07) is 14.5. The second kappa shape index (κ2) is 6.26. The van der Waals surface area contributed by atoms with Crippen LogP contribution in [0.2, 0.25) is 5.02 Å². The number of rotatable bonds is 3. The molecule has 1 nitrogen and oxygen atoms in total. The van der Waals surface area contributed by atoms with Crippen LogP contribution in [0.5, 0.6) is 0 Å². The molecule has 2 rings (SSSR count). The molecule has 1 unspecified atom stereocenters. The van der Waals surface area contributed by atoms with Crippen LogP contribution in [0.25, 0.3) is 0 Å². The highest BCUT2D eigenvalue weighted by molar-refractivity contribution is 14.1. The summed E-state index contributed by atoms with van der Waals surface area (Å²) in [6.07, 6.45) is 0. The zero-order valence-corrected chi connectivity index (χ0v) is 14.3. The van der Waals surface area contributed by atoms with Crippen molar-refractivity contribution in [2.24, 2.45) is 0 Å². The molecule has 4 heteroatoms. The van der Waals surface area contributed by atoms with E-state index in [9.17, 15) is 0 Å². The lowest BCUT2D eigenvalue weighted by Crippen LogP contribution is -2.06. The molecule has 94 valence electrons. The van der Waals surface area contributed by atoms with Crippen LogP contribution in [0.3, 0.4) is 0 Å². The van der Waals surface area contributed by atoms with E-state index in [-0.39, 0.29) is 6.04 Å². The zero-order valence-electron chi connectivity index (χ0n) is 9.75. The van der Waals surface area contributed by atoms with Gasteiger partial charge in [0.15, 0.2) is 0 Å². The number of nitrogens with one attached hydrogen (secondary N) is 1. The summed E-state index contributed by atoms with van der Waals surface area (Å²) in [7, 11) is 0. The number of hydrogen-bond donors (Lipinski definition) is 1. The van der Waals surface area contributed by atoms with Gasteiger partial charge in [-0.15, -0.1) is 0 Å². The van der Waals surface area contributed by atoms with E-state index >= 15 is 0 Å². The Bertz CT molecular complexity index is 542. The molecule has 0 bridgehead atoms. The Morgan fingerprint density at radius 2 is 1.83 bits per heavy atom. The minimum Gasteiger partial charge on any atom is -0.378 e. The standard InChI is InChI=1S/C14H12BrClIN/c1-9(10-2-5-12(17)6-3-10)18-14-8-11(16)4-7-13(14)15/h2-9,18H,1H3. The first-order valence-corrected chi connectivity index (χ1v) is 7.78. The Hall–Kier alpha value is -0.260. The zero-order chi connectivity index (χ0) is 13.1. The van der Waals surface area contributed by atoms with E-state index < -0.39 is 0 Å². The average molecular weight is 437 g/mol. The Labute approximate surface area is 134 Å². The van der Waals surface area contributed by atoms with E-state index in [1.165, 1.54) is 9.13 Å². The first-order chi connectivity index (χ1) is 8.56. The molecule has 0 aliphatic rings. The highest BCUT2D eigenvalue weighted by Gasteiger charge is 2.07. The lowest BCUT2D eigenvalue weighted by Gasteiger charge is -2.17. The van der Waals surface area contributed by atoms with Crippen LogP contribution in [0, 0.1) is 3.57 Å². The quantitative estimate of drug-likeness (QED) is 0.593. The maximum absolute atomic E-state index is 6.01. The maximum Gasteiger partial charge on any atom is 0.0504 e. The fraction of sp³-hybridized carbons (Fsp3) is 0.143. The van der Waals surface area contributed by atoms with Crippen molar-refractivity contribution in [2.75, 3.05) is 5.32 Å². The Morgan fingerprint density at radius 3 is 2.50 bits per heavy atom. The summed E-state index contributed by atoms with van der Waals surface area (Å²) in [4.78, 5) is 0. The normalized spacial score (nSPS) is 12.2. The Morgan fingerprint density at radius 1 is 1.17 bits per heavy atom. The van der Waals surface area contributed by atoms with Crippen molar-refractivity contribution in [3.8, 4) is 0 Å². The highest BCUT2D eigenvalue weighted by Crippen LogP contribution is 2.29. The fourth-order valence-corrected chi connectivity index (χ4v) is 2.57. The first-order valence-electron chi connectivity index (χ1n) is 5.53. The summed E-state index contributed by atoms with van der Waals surface area (Å²) >= 11 is 11.8. The lowest BCUT2D eigenvalue weighted by molar-refractivity contribution is 0.883. The molecule has 0 aliphatic carbocycles. The van der Waals surface area contributed by atoms with Gasteiger partial charge in [0.2, 0.25) is 0 Å². The molecular formula is C14H12BrClIN. The molecular weight excluding hydrogens is 424 g/mol. The van der Waals surface area contributed by atoms with Crippen LogP contribution in [0.15, 0.2) is 46.9 Å². The Balaban J connectivity index is 2.18. The smallest absolute Gasteiger partial charge is 0.0504 e. The summed E-state index contributed by atoms with van der Waals surface area (Å²) in [5, 5.41) is 4.18. The monoisotopic (exact) mass is 435 g/mol. The molecule has 0 saturated heterocycles. The van der Waals surface area contributed by atoms with Crippen LogP contribution >= 0.6 is 50.1 Å². The van der Waals surface area contributed by atoms with E-state index in [1.54, 1.807) is 0 Å². The van der Waals surface area contributed by atoms with Gasteiger partial charge in [-0.2, -0.15) is 0 Å². The van der Waals surface area contributed by atoms with E-state index in [2.05, 4.69) is 75.0 Å². The molecule has 18 heavy (non-hydrogen) atoms. The van der Waals surface area contributed by atoms with Gasteiger partial charge in [0.25, 0.3) is 0 Å². The van der Waals surface area contributed by atoms with Gasteiger partial charge in [0, 0.05) is 19.1 Å². The van der Waals surface area contributed by atoms with Crippen molar-refractivity contribution >= 4 is 55.8 Å². The molecule has 0 fully saturated rings. The average Bonchev–Trinajstić information content (AvgIpc) is 2.34. The van der Waals surface area contributed by atoms with Gasteiger partial charge in [-0.1, -0.05) is 23.7 Å². The molecule has 0 spiro atoms. The maximum atomic E-state index is 6.01. The van der Waals surface area contributed by atoms with E-state index in [0.29, 0.717) is 0 Å². The van der Waals surface area contributed by atoms with Crippen molar-refractivity contribution in [2.45, 2.75) is 13.0 Å². The number of hydrogen-bond acceptors (Lipinski definition) is 1. The van der Waals surface area contributed by atoms with Crippen LogP contribution in [0.4, 0.5) is 5.69 Å². The minimum atomic E-state index is 0.233. The summed E-state index contributed by atoms with van der Waals surface area (Å²) in [6.45, 7) is 2.13. The second-order valence-corrected chi connectivity index (χ2v) is 6.58. The third kappa shape index (κ3) is 3.62. The molecule has 0 heterocycles. The van der Waals surface area contributed by atoms with Crippen LogP contribution in [0.1, 0.15) is 18.5 Å². The molecule has 2 aromatic rings. The van der Waals surface area contributed by atoms with Gasteiger partial charge in [-0.3, -0.25) is 0 Å². The summed E-state index contributed by atoms with van der Waals surface area (Å²) in [5.74, 6) is 0. The van der Waals surface area contributed by atoms with Gasteiger partial charge < -0.3 is 5.32 Å². The third-order valence-electron chi connectivity index (χ3n) is 2.67. The molecule has 2 aromatic carbocycles. The molecule has 0 saturated carbocycles. The molecule has 0 radical (unpaired) electrons. The van der Waals surface area contributed by atoms with Gasteiger partial charge in [0.1, 0.15) is 0 Å². The van der Waals surface area contributed by atoms with Gasteiger partial charge in [-0.25, -0.2) is 0 Å². The van der Waals surface area contributed by atoms with E-state index in [1.807, 2.05) is 18.2 Å². The number of benzene rings is 2. The SMILES string of the molecule is CC(Nc1cc(Cl)ccc1Br)c1ccc(I)cc1. The topological polar surface area (TPSA) is 12.0 Å². The first kappa shape index (κ1) is 14.2. The van der Waals surface area contributed by atoms with Crippen LogP contribution < -0.4 is 5.32 Å². The van der Waals surface area contributed by atoms with Gasteiger partial charge >= 0.3 is 0 Å².